The SMILES string of the molecule is Cc1nc(CC(C)C)c(C(=O)NCC(N2CCNCC2)C(F)(F)F)s1. The molecule has 2 N–H and O–H groups in total. The summed E-state index contributed by atoms with van der Waals surface area (Å²) < 4.78 is 40.2. The van der Waals surface area contributed by atoms with E-state index in [-0.39, 0.29) is 0 Å². The molecule has 2 heterocycles. The average molecular weight is 378 g/mol. The molecule has 1 fully saturated rings. The number of hydrogen-bond acceptors (Lipinski definition) is 5. The summed E-state index contributed by atoms with van der Waals surface area (Å²) in [6.45, 7) is 7.06. The molecule has 2 rings (SSSR count). The molecule has 1 amide bonds. The van der Waals surface area contributed by atoms with Crippen LogP contribution in [-0.2, 0) is 6.42 Å². The Morgan fingerprint density at radius 1 is 1.36 bits per heavy atom. The van der Waals surface area contributed by atoms with Crippen molar-refractivity contribution in [2.75, 3.05) is 32.7 Å². The third-order valence-electron chi connectivity index (χ3n) is 4.04. The lowest BCUT2D eigenvalue weighted by Gasteiger charge is -2.35. The molecule has 5 nitrogen and oxygen atoms in total. The van der Waals surface area contributed by atoms with Gasteiger partial charge >= 0.3 is 6.18 Å². The van der Waals surface area contributed by atoms with Crippen molar-refractivity contribution in [1.82, 2.24) is 20.5 Å². The number of nitrogens with one attached hydrogen (secondary N) is 2. The second kappa shape index (κ2) is 8.46. The van der Waals surface area contributed by atoms with Crippen LogP contribution in [0.5, 0.6) is 0 Å². The second-order valence-electron chi connectivity index (χ2n) is 6.66. The molecule has 0 spiro atoms. The van der Waals surface area contributed by atoms with Crippen LogP contribution in [0, 0.1) is 12.8 Å². The van der Waals surface area contributed by atoms with Gasteiger partial charge in [-0.2, -0.15) is 13.2 Å². The highest BCUT2D eigenvalue weighted by Crippen LogP contribution is 2.25. The predicted molar refractivity (Wildman–Crippen MR) is 92.0 cm³/mol. The van der Waals surface area contributed by atoms with Gasteiger partial charge in [-0.3, -0.25) is 9.69 Å². The van der Waals surface area contributed by atoms with Crippen molar-refractivity contribution in [2.24, 2.45) is 5.92 Å². The Kier molecular flexibility index (Phi) is 6.81. The molecule has 1 aliphatic rings. The van der Waals surface area contributed by atoms with Gasteiger partial charge in [0.25, 0.3) is 5.91 Å². The van der Waals surface area contributed by atoms with Crippen LogP contribution in [0.2, 0.25) is 0 Å². The monoisotopic (exact) mass is 378 g/mol. The molecule has 1 aliphatic heterocycles. The highest BCUT2D eigenvalue weighted by molar-refractivity contribution is 7.13. The summed E-state index contributed by atoms with van der Waals surface area (Å²) in [7, 11) is 0. The highest BCUT2D eigenvalue weighted by atomic mass is 32.1. The molecule has 1 aromatic heterocycles. The lowest BCUT2D eigenvalue weighted by molar-refractivity contribution is -0.183. The third-order valence-corrected chi connectivity index (χ3v) is 5.05. The molecule has 1 aromatic rings. The van der Waals surface area contributed by atoms with Gasteiger partial charge in [0.2, 0.25) is 0 Å². The fraction of sp³-hybridized carbons (Fsp3) is 0.750. The first-order valence-electron chi connectivity index (χ1n) is 8.44. The Morgan fingerprint density at radius 3 is 2.56 bits per heavy atom. The molecule has 0 aromatic carbocycles. The van der Waals surface area contributed by atoms with Crippen LogP contribution in [0.4, 0.5) is 13.2 Å². The molecule has 0 aliphatic carbocycles. The Balaban J connectivity index is 2.06. The number of alkyl halides is 3. The number of rotatable bonds is 6. The zero-order chi connectivity index (χ0) is 18.6. The maximum atomic E-state index is 13.4. The molecule has 142 valence electrons. The van der Waals surface area contributed by atoms with E-state index in [9.17, 15) is 18.0 Å². The lowest BCUT2D eigenvalue weighted by atomic mass is 10.1. The average Bonchev–Trinajstić information content (AvgIpc) is 2.87. The van der Waals surface area contributed by atoms with Crippen LogP contribution in [0.3, 0.4) is 0 Å². The second-order valence-corrected chi connectivity index (χ2v) is 7.86. The quantitative estimate of drug-likeness (QED) is 0.797. The first kappa shape index (κ1) is 20.1. The smallest absolute Gasteiger partial charge is 0.349 e. The molecular weight excluding hydrogens is 353 g/mol. The van der Waals surface area contributed by atoms with Gasteiger partial charge in [0.1, 0.15) is 10.9 Å². The van der Waals surface area contributed by atoms with E-state index >= 15 is 0 Å². The Hall–Kier alpha value is -1.19. The van der Waals surface area contributed by atoms with Crippen molar-refractivity contribution < 1.29 is 18.0 Å². The van der Waals surface area contributed by atoms with Gasteiger partial charge in [-0.15, -0.1) is 11.3 Å². The van der Waals surface area contributed by atoms with E-state index in [1.807, 2.05) is 13.8 Å². The summed E-state index contributed by atoms with van der Waals surface area (Å²) in [6, 6.07) is -1.67. The number of carbonyl (C=O) groups is 1. The standard InChI is InChI=1S/C16H25F3N4OS/c1-10(2)8-12-14(25-11(3)22-12)15(24)21-9-13(16(17,18)19)23-6-4-20-5-7-23/h10,13,20H,4-9H2,1-3H3,(H,21,24). The number of aryl methyl sites for hydroxylation is 1. The number of hydrogen-bond donors (Lipinski definition) is 2. The molecule has 9 heteroatoms. The Bertz CT molecular complexity index is 582. The van der Waals surface area contributed by atoms with Gasteiger partial charge in [-0.05, 0) is 19.3 Å². The minimum Gasteiger partial charge on any atom is -0.349 e. The Morgan fingerprint density at radius 2 is 2.00 bits per heavy atom. The van der Waals surface area contributed by atoms with Crippen molar-refractivity contribution in [3.8, 4) is 0 Å². The number of aromatic nitrogens is 1. The van der Waals surface area contributed by atoms with Crippen LogP contribution < -0.4 is 10.6 Å². The zero-order valence-electron chi connectivity index (χ0n) is 14.7. The largest absolute Gasteiger partial charge is 0.405 e. The van der Waals surface area contributed by atoms with Crippen molar-refractivity contribution in [3.05, 3.63) is 15.6 Å². The van der Waals surface area contributed by atoms with Crippen molar-refractivity contribution in [2.45, 2.75) is 39.4 Å². The molecular formula is C16H25F3N4OS. The summed E-state index contributed by atoms with van der Waals surface area (Å²) in [6.07, 6.45) is -3.75. The van der Waals surface area contributed by atoms with Crippen LogP contribution in [-0.4, -0.2) is 60.7 Å². The summed E-state index contributed by atoms with van der Waals surface area (Å²) in [5.41, 5.74) is 0.667. The fourth-order valence-corrected chi connectivity index (χ4v) is 3.75. The van der Waals surface area contributed by atoms with Crippen molar-refractivity contribution in [1.29, 1.82) is 0 Å². The van der Waals surface area contributed by atoms with Crippen molar-refractivity contribution >= 4 is 17.2 Å². The summed E-state index contributed by atoms with van der Waals surface area (Å²) in [5.74, 6) is -0.151. The first-order valence-corrected chi connectivity index (χ1v) is 9.26. The van der Waals surface area contributed by atoms with Gasteiger partial charge in [0, 0.05) is 32.7 Å². The molecule has 0 radical (unpaired) electrons. The van der Waals surface area contributed by atoms with Gasteiger partial charge in [-0.1, -0.05) is 13.8 Å². The first-order chi connectivity index (χ1) is 11.7. The topological polar surface area (TPSA) is 57.3 Å². The highest BCUT2D eigenvalue weighted by Gasteiger charge is 2.44. The van der Waals surface area contributed by atoms with E-state index < -0.39 is 24.7 Å². The molecule has 0 saturated carbocycles. The summed E-state index contributed by atoms with van der Waals surface area (Å²) in [5, 5.41) is 6.26. The molecule has 1 saturated heterocycles. The number of piperazine rings is 1. The molecule has 0 bridgehead atoms. The molecule has 25 heavy (non-hydrogen) atoms. The van der Waals surface area contributed by atoms with E-state index in [1.165, 1.54) is 16.2 Å². The number of amides is 1. The van der Waals surface area contributed by atoms with E-state index in [4.69, 9.17) is 0 Å². The lowest BCUT2D eigenvalue weighted by Crippen LogP contribution is -2.57. The van der Waals surface area contributed by atoms with Crippen LogP contribution in [0.15, 0.2) is 0 Å². The van der Waals surface area contributed by atoms with E-state index in [0.717, 1.165) is 5.01 Å². The van der Waals surface area contributed by atoms with Gasteiger partial charge in [0.05, 0.1) is 10.7 Å². The number of carbonyl (C=O) groups excluding carboxylic acids is 1. The van der Waals surface area contributed by atoms with Crippen molar-refractivity contribution in [3.63, 3.8) is 0 Å². The van der Waals surface area contributed by atoms with E-state index in [0.29, 0.717) is 49.1 Å². The fourth-order valence-electron chi connectivity index (χ4n) is 2.89. The summed E-state index contributed by atoms with van der Waals surface area (Å²) >= 11 is 1.23. The minimum absolute atomic E-state index is 0.317. The number of thiazole rings is 1. The predicted octanol–water partition coefficient (Wildman–Crippen LogP) is 2.22. The van der Waals surface area contributed by atoms with Crippen LogP contribution in [0.25, 0.3) is 0 Å². The van der Waals surface area contributed by atoms with Gasteiger partial charge in [-0.25, -0.2) is 4.98 Å². The number of halogens is 3. The normalized spacial score (nSPS) is 17.7. The van der Waals surface area contributed by atoms with Gasteiger partial charge in [0.15, 0.2) is 0 Å². The van der Waals surface area contributed by atoms with E-state index in [1.54, 1.807) is 6.92 Å². The Labute approximate surface area is 150 Å². The van der Waals surface area contributed by atoms with Crippen LogP contribution >= 0.6 is 11.3 Å². The molecule has 1 unspecified atom stereocenters. The maximum Gasteiger partial charge on any atom is 0.405 e. The minimum atomic E-state index is -4.38. The molecule has 1 atom stereocenters. The van der Waals surface area contributed by atoms with E-state index in [2.05, 4.69) is 15.6 Å². The number of nitrogens with zero attached hydrogens (tertiary/aromatic N) is 2. The van der Waals surface area contributed by atoms with Gasteiger partial charge < -0.3 is 10.6 Å². The third kappa shape index (κ3) is 5.65. The zero-order valence-corrected chi connectivity index (χ0v) is 15.6. The summed E-state index contributed by atoms with van der Waals surface area (Å²) in [4.78, 5) is 18.6. The maximum absolute atomic E-state index is 13.4. The van der Waals surface area contributed by atoms with Crippen LogP contribution in [0.1, 0.15) is 34.2 Å².